The lowest BCUT2D eigenvalue weighted by Gasteiger charge is -2.22. The number of aliphatic hydroxyl groups excluding tert-OH is 1. The molecule has 5 heteroatoms. The molecule has 0 aromatic rings. The molecule has 1 unspecified atom stereocenters. The van der Waals surface area contributed by atoms with Crippen molar-refractivity contribution in [2.45, 2.75) is 45.6 Å². The normalized spacial score (nSPS) is 22.1. The third kappa shape index (κ3) is 3.70. The predicted octanol–water partition coefficient (Wildman–Crippen LogP) is 1.82. The lowest BCUT2D eigenvalue weighted by molar-refractivity contribution is -0.252. The summed E-state index contributed by atoms with van der Waals surface area (Å²) in [7, 11) is 0. The van der Waals surface area contributed by atoms with Crippen molar-refractivity contribution in [1.29, 1.82) is 0 Å². The van der Waals surface area contributed by atoms with Crippen LogP contribution in [0.1, 0.15) is 39.5 Å². The molecule has 1 N–H and O–H groups in total. The topological polar surface area (TPSA) is 72.8 Å². The standard InChI is InChI=1S/C13H18O5/c1-8(2)12(15)17-18-13(16)9(3)10-6-4-5-7-11(10)14/h11,14H,1,4-7H2,2-3H3/b10-9+. The van der Waals surface area contributed by atoms with E-state index >= 15 is 0 Å². The number of carbonyl (C=O) groups excluding carboxylic acids is 2. The second-order valence-electron chi connectivity index (χ2n) is 4.43. The molecule has 0 heterocycles. The van der Waals surface area contributed by atoms with Crippen molar-refractivity contribution in [2.24, 2.45) is 0 Å². The maximum atomic E-state index is 11.6. The van der Waals surface area contributed by atoms with Gasteiger partial charge in [-0.2, -0.15) is 0 Å². The molecule has 1 aliphatic carbocycles. The maximum Gasteiger partial charge on any atom is 0.382 e. The minimum atomic E-state index is -0.787. The highest BCUT2D eigenvalue weighted by molar-refractivity contribution is 5.91. The number of aliphatic hydroxyl groups is 1. The molecule has 1 atom stereocenters. The molecule has 18 heavy (non-hydrogen) atoms. The lowest BCUT2D eigenvalue weighted by Crippen LogP contribution is -2.21. The molecule has 100 valence electrons. The number of hydrogen-bond acceptors (Lipinski definition) is 5. The van der Waals surface area contributed by atoms with Gasteiger partial charge in [0.25, 0.3) is 0 Å². The van der Waals surface area contributed by atoms with Gasteiger partial charge in [-0.05, 0) is 38.7 Å². The molecule has 0 saturated heterocycles. The van der Waals surface area contributed by atoms with Gasteiger partial charge < -0.3 is 5.11 Å². The molecule has 0 aliphatic heterocycles. The second kappa shape index (κ2) is 6.35. The summed E-state index contributed by atoms with van der Waals surface area (Å²) in [4.78, 5) is 31.4. The molecular formula is C13H18O5. The zero-order valence-electron chi connectivity index (χ0n) is 10.7. The first-order valence-corrected chi connectivity index (χ1v) is 5.90. The molecule has 0 spiro atoms. The smallest absolute Gasteiger partial charge is 0.382 e. The molecule has 0 bridgehead atoms. The Kier molecular flexibility index (Phi) is 5.09. The zero-order valence-corrected chi connectivity index (χ0v) is 10.7. The van der Waals surface area contributed by atoms with Crippen molar-refractivity contribution < 1.29 is 24.5 Å². The Balaban J connectivity index is 2.62. The van der Waals surface area contributed by atoms with Gasteiger partial charge in [0.2, 0.25) is 0 Å². The van der Waals surface area contributed by atoms with Crippen LogP contribution in [0.3, 0.4) is 0 Å². The number of hydrogen-bond donors (Lipinski definition) is 1. The van der Waals surface area contributed by atoms with Crippen molar-refractivity contribution in [2.75, 3.05) is 0 Å². The molecule has 0 radical (unpaired) electrons. The van der Waals surface area contributed by atoms with Gasteiger partial charge >= 0.3 is 11.9 Å². The minimum Gasteiger partial charge on any atom is -0.389 e. The molecule has 0 aromatic heterocycles. The molecule has 1 rings (SSSR count). The van der Waals surface area contributed by atoms with Crippen LogP contribution in [0.5, 0.6) is 0 Å². The highest BCUT2D eigenvalue weighted by Crippen LogP contribution is 2.26. The van der Waals surface area contributed by atoms with E-state index in [2.05, 4.69) is 16.4 Å². The quantitative estimate of drug-likeness (QED) is 0.462. The van der Waals surface area contributed by atoms with Crippen LogP contribution in [0.4, 0.5) is 0 Å². The van der Waals surface area contributed by atoms with E-state index in [0.717, 1.165) is 12.8 Å². The Bertz CT molecular complexity index is 394. The summed E-state index contributed by atoms with van der Waals surface area (Å²) in [5.41, 5.74) is 1.11. The van der Waals surface area contributed by atoms with Crippen LogP contribution in [0, 0.1) is 0 Å². The fourth-order valence-electron chi connectivity index (χ4n) is 1.77. The van der Waals surface area contributed by atoms with Crippen LogP contribution in [0.15, 0.2) is 23.3 Å². The van der Waals surface area contributed by atoms with E-state index in [9.17, 15) is 14.7 Å². The summed E-state index contributed by atoms with van der Waals surface area (Å²) < 4.78 is 0. The molecule has 1 aliphatic rings. The van der Waals surface area contributed by atoms with Crippen molar-refractivity contribution >= 4 is 11.9 Å². The third-order valence-electron chi connectivity index (χ3n) is 2.91. The van der Waals surface area contributed by atoms with Crippen molar-refractivity contribution in [3.63, 3.8) is 0 Å². The maximum absolute atomic E-state index is 11.6. The van der Waals surface area contributed by atoms with E-state index < -0.39 is 18.0 Å². The van der Waals surface area contributed by atoms with Crippen LogP contribution >= 0.6 is 0 Å². The zero-order chi connectivity index (χ0) is 13.7. The fourth-order valence-corrected chi connectivity index (χ4v) is 1.77. The summed E-state index contributed by atoms with van der Waals surface area (Å²) in [6.45, 7) is 6.37. The van der Waals surface area contributed by atoms with Crippen LogP contribution in [0.25, 0.3) is 0 Å². The minimum absolute atomic E-state index is 0.144. The average molecular weight is 254 g/mol. The summed E-state index contributed by atoms with van der Waals surface area (Å²) in [5, 5.41) is 9.77. The summed E-state index contributed by atoms with van der Waals surface area (Å²) in [5.74, 6) is -1.54. The molecule has 0 amide bonds. The first kappa shape index (κ1) is 14.4. The van der Waals surface area contributed by atoms with E-state index in [1.807, 2.05) is 0 Å². The van der Waals surface area contributed by atoms with Crippen LogP contribution in [-0.2, 0) is 19.4 Å². The Hall–Kier alpha value is -1.62. The van der Waals surface area contributed by atoms with Crippen molar-refractivity contribution in [3.8, 4) is 0 Å². The highest BCUT2D eigenvalue weighted by atomic mass is 17.2. The van der Waals surface area contributed by atoms with E-state index in [0.29, 0.717) is 24.0 Å². The first-order valence-electron chi connectivity index (χ1n) is 5.90. The van der Waals surface area contributed by atoms with Gasteiger partial charge in [-0.25, -0.2) is 19.4 Å². The third-order valence-corrected chi connectivity index (χ3v) is 2.91. The van der Waals surface area contributed by atoms with Crippen molar-refractivity contribution in [3.05, 3.63) is 23.3 Å². The SMILES string of the molecule is C=C(C)C(=O)OOC(=O)/C(C)=C1\CCCCC1O. The van der Waals surface area contributed by atoms with Crippen LogP contribution in [-0.4, -0.2) is 23.1 Å². The Morgan fingerprint density at radius 3 is 2.39 bits per heavy atom. The van der Waals surface area contributed by atoms with Gasteiger partial charge in [0.05, 0.1) is 6.10 Å². The van der Waals surface area contributed by atoms with Gasteiger partial charge in [0, 0.05) is 11.1 Å². The molecule has 1 fully saturated rings. The highest BCUT2D eigenvalue weighted by Gasteiger charge is 2.23. The van der Waals surface area contributed by atoms with Gasteiger partial charge in [-0.3, -0.25) is 0 Å². The summed E-state index contributed by atoms with van der Waals surface area (Å²) in [6.07, 6.45) is 2.57. The Morgan fingerprint density at radius 2 is 1.83 bits per heavy atom. The molecule has 5 nitrogen and oxygen atoms in total. The largest absolute Gasteiger partial charge is 0.389 e. The average Bonchev–Trinajstić information content (AvgIpc) is 2.35. The first-order chi connectivity index (χ1) is 8.43. The summed E-state index contributed by atoms with van der Waals surface area (Å²) >= 11 is 0. The van der Waals surface area contributed by atoms with Gasteiger partial charge in [-0.1, -0.05) is 13.0 Å². The number of carbonyl (C=O) groups is 2. The number of rotatable bonds is 2. The van der Waals surface area contributed by atoms with Crippen molar-refractivity contribution in [1.82, 2.24) is 0 Å². The van der Waals surface area contributed by atoms with Crippen LogP contribution in [0.2, 0.25) is 0 Å². The predicted molar refractivity (Wildman–Crippen MR) is 64.2 cm³/mol. The van der Waals surface area contributed by atoms with E-state index in [1.165, 1.54) is 6.92 Å². The van der Waals surface area contributed by atoms with Gasteiger partial charge in [0.1, 0.15) is 0 Å². The van der Waals surface area contributed by atoms with Crippen LogP contribution < -0.4 is 0 Å². The monoisotopic (exact) mass is 254 g/mol. The lowest BCUT2D eigenvalue weighted by atomic mass is 9.89. The van der Waals surface area contributed by atoms with Gasteiger partial charge in [0.15, 0.2) is 0 Å². The summed E-state index contributed by atoms with van der Waals surface area (Å²) in [6, 6.07) is 0. The van der Waals surface area contributed by atoms with E-state index in [1.54, 1.807) is 6.92 Å². The molecular weight excluding hydrogens is 236 g/mol. The fraction of sp³-hybridized carbons (Fsp3) is 0.538. The molecule has 1 saturated carbocycles. The van der Waals surface area contributed by atoms with E-state index in [4.69, 9.17) is 0 Å². The van der Waals surface area contributed by atoms with E-state index in [-0.39, 0.29) is 5.57 Å². The second-order valence-corrected chi connectivity index (χ2v) is 4.43. The Labute approximate surface area is 106 Å². The van der Waals surface area contributed by atoms with Gasteiger partial charge in [-0.15, -0.1) is 0 Å². The Morgan fingerprint density at radius 1 is 1.22 bits per heavy atom. The molecule has 0 aromatic carbocycles.